The molecule has 3 N–H and O–H groups in total. The van der Waals surface area contributed by atoms with Crippen molar-refractivity contribution in [3.8, 4) is 0 Å². The van der Waals surface area contributed by atoms with Crippen LogP contribution in [0.3, 0.4) is 0 Å². The molecule has 1 aliphatic rings. The molecule has 1 aliphatic heterocycles. The molecule has 12 heteroatoms. The fraction of sp³-hybridized carbons (Fsp3) is 0.690. The van der Waals surface area contributed by atoms with Crippen LogP contribution < -0.4 is 0 Å². The van der Waals surface area contributed by atoms with Crippen molar-refractivity contribution in [3.05, 3.63) is 109 Å². The summed E-state index contributed by atoms with van der Waals surface area (Å²) >= 11 is 0. The van der Waals surface area contributed by atoms with E-state index in [2.05, 4.69) is 130 Å². The summed E-state index contributed by atoms with van der Waals surface area (Å²) in [5, 5.41) is 31.6. The number of unbranched alkanes of at least 4 members (excludes halogenated alkanes) is 23. The highest BCUT2D eigenvalue weighted by Crippen LogP contribution is 2.26. The standard InChI is InChI=1S/C71H116O12/c1-4-7-10-13-16-19-22-25-28-30-32-34-37-39-42-45-48-51-54-57-63(72)79-60-62(81-64(73)58-55-52-49-46-43-40-36-27-24-21-18-15-12-9-6-3)61-80-71-69(67(76)66(75)68(83-71)70(77)78)82-65(74)59-56-53-50-47-44-41-38-35-33-31-29-26-23-20-17-14-11-8-5-2/h8-9,11-12,16-21,25-29,33,35-36,62,66-69,71,75-76H,4-7,10,13-15,22-24,30-32,34,37-61H2,1-3H3,(H,77,78)/b11-8-,12-9-,19-16-,20-17-,21-18-,28-25-,29-26-,35-33-,36-27-. The fourth-order valence-electron chi connectivity index (χ4n) is 9.34. The molecule has 0 aromatic rings. The molecule has 0 aromatic heterocycles. The predicted octanol–water partition coefficient (Wildman–Crippen LogP) is 17.8. The average Bonchev–Trinajstić information content (AvgIpc) is 3.60. The van der Waals surface area contributed by atoms with Gasteiger partial charge in [-0.1, -0.05) is 233 Å². The zero-order valence-electron chi connectivity index (χ0n) is 52.2. The highest BCUT2D eigenvalue weighted by Gasteiger charge is 2.50. The van der Waals surface area contributed by atoms with Crippen molar-refractivity contribution >= 4 is 23.9 Å². The maximum Gasteiger partial charge on any atom is 0.335 e. The van der Waals surface area contributed by atoms with Gasteiger partial charge in [0.2, 0.25) is 0 Å². The van der Waals surface area contributed by atoms with E-state index < -0.39 is 67.3 Å². The van der Waals surface area contributed by atoms with Gasteiger partial charge in [0.1, 0.15) is 18.8 Å². The number of carboxylic acid groups (broad SMARTS) is 1. The molecule has 1 saturated heterocycles. The van der Waals surface area contributed by atoms with E-state index in [0.29, 0.717) is 19.3 Å². The highest BCUT2D eigenvalue weighted by atomic mass is 16.7. The van der Waals surface area contributed by atoms with Crippen LogP contribution in [0.1, 0.15) is 265 Å². The molecule has 0 spiro atoms. The lowest BCUT2D eigenvalue weighted by molar-refractivity contribution is -0.301. The molecule has 0 amide bonds. The first-order chi connectivity index (χ1) is 40.6. The minimum Gasteiger partial charge on any atom is -0.479 e. The molecule has 1 heterocycles. The van der Waals surface area contributed by atoms with Gasteiger partial charge in [-0.2, -0.15) is 0 Å². The lowest BCUT2D eigenvalue weighted by atomic mass is 9.98. The maximum atomic E-state index is 13.2. The summed E-state index contributed by atoms with van der Waals surface area (Å²) in [4.78, 5) is 51.4. The summed E-state index contributed by atoms with van der Waals surface area (Å²) in [6.07, 6.45) is 66.1. The van der Waals surface area contributed by atoms with E-state index >= 15 is 0 Å². The zero-order valence-corrected chi connectivity index (χ0v) is 52.2. The monoisotopic (exact) mass is 1160 g/mol. The van der Waals surface area contributed by atoms with Crippen LogP contribution in [0.15, 0.2) is 109 Å². The van der Waals surface area contributed by atoms with Gasteiger partial charge >= 0.3 is 23.9 Å². The molecule has 0 aromatic carbocycles. The van der Waals surface area contributed by atoms with Crippen molar-refractivity contribution in [3.63, 3.8) is 0 Å². The minimum atomic E-state index is -1.92. The van der Waals surface area contributed by atoms with Crippen LogP contribution in [0.2, 0.25) is 0 Å². The number of carboxylic acids is 1. The minimum absolute atomic E-state index is 0.0370. The Kier molecular flexibility index (Phi) is 53.2. The molecule has 83 heavy (non-hydrogen) atoms. The second kappa shape index (κ2) is 57.8. The number of aliphatic hydroxyl groups excluding tert-OH is 2. The summed E-state index contributed by atoms with van der Waals surface area (Å²) in [6, 6.07) is 0. The van der Waals surface area contributed by atoms with Gasteiger partial charge in [-0.05, 0) is 122 Å². The molecule has 472 valence electrons. The van der Waals surface area contributed by atoms with Gasteiger partial charge in [-0.15, -0.1) is 0 Å². The van der Waals surface area contributed by atoms with Crippen molar-refractivity contribution < 1.29 is 58.2 Å². The molecule has 6 unspecified atom stereocenters. The van der Waals surface area contributed by atoms with Gasteiger partial charge in [-0.3, -0.25) is 14.4 Å². The molecule has 0 bridgehead atoms. The van der Waals surface area contributed by atoms with Crippen LogP contribution in [0.4, 0.5) is 0 Å². The molecule has 0 aliphatic carbocycles. The van der Waals surface area contributed by atoms with Crippen LogP contribution in [0, 0.1) is 0 Å². The van der Waals surface area contributed by atoms with Gasteiger partial charge in [0.25, 0.3) is 0 Å². The summed E-state index contributed by atoms with van der Waals surface area (Å²) in [6.45, 7) is 5.74. The largest absolute Gasteiger partial charge is 0.479 e. The second-order valence-electron chi connectivity index (χ2n) is 22.0. The third-order valence-corrected chi connectivity index (χ3v) is 14.3. The number of esters is 3. The van der Waals surface area contributed by atoms with Crippen molar-refractivity contribution in [2.75, 3.05) is 13.2 Å². The number of rotatable bonds is 55. The SMILES string of the molecule is CC/C=C\C/C=C\C/C=C\C/C=C\CCCCCCCCC(=O)OC1C(OCC(COC(=O)CCCCCCCCCCC/C=C\C/C=C\CCCCC)OC(=O)CCCCCCC/C=C\C/C=C\C/C=C\CC)OC(C(=O)O)C(O)C1O. The molecular weight excluding hydrogens is 1040 g/mol. The summed E-state index contributed by atoms with van der Waals surface area (Å²) in [5.41, 5.74) is 0. The van der Waals surface area contributed by atoms with Crippen LogP contribution >= 0.6 is 0 Å². The second-order valence-corrected chi connectivity index (χ2v) is 22.0. The number of hydrogen-bond acceptors (Lipinski definition) is 11. The van der Waals surface area contributed by atoms with Gasteiger partial charge in [0.15, 0.2) is 24.6 Å². The summed E-state index contributed by atoms with van der Waals surface area (Å²) < 4.78 is 28.5. The zero-order chi connectivity index (χ0) is 60.3. The first-order valence-corrected chi connectivity index (χ1v) is 32.9. The normalized spacial score (nSPS) is 18.3. The van der Waals surface area contributed by atoms with Crippen molar-refractivity contribution in [1.29, 1.82) is 0 Å². The van der Waals surface area contributed by atoms with Gasteiger partial charge in [0, 0.05) is 19.3 Å². The number of carbonyl (C=O) groups is 4. The van der Waals surface area contributed by atoms with Crippen LogP contribution in [0.25, 0.3) is 0 Å². The molecule has 0 saturated carbocycles. The van der Waals surface area contributed by atoms with Crippen molar-refractivity contribution in [1.82, 2.24) is 0 Å². The molecule has 1 fully saturated rings. The molecule has 6 atom stereocenters. The van der Waals surface area contributed by atoms with Crippen molar-refractivity contribution in [2.24, 2.45) is 0 Å². The van der Waals surface area contributed by atoms with E-state index in [9.17, 15) is 34.5 Å². The number of aliphatic hydroxyl groups is 2. The first kappa shape index (κ1) is 76.4. The Morgan fingerprint density at radius 1 is 0.410 bits per heavy atom. The first-order valence-electron chi connectivity index (χ1n) is 32.9. The van der Waals surface area contributed by atoms with E-state index in [1.807, 2.05) is 0 Å². The van der Waals surface area contributed by atoms with Crippen LogP contribution in [-0.4, -0.2) is 89.2 Å². The Hall–Kier alpha value is -4.62. The number of hydrogen-bond donors (Lipinski definition) is 3. The summed E-state index contributed by atoms with van der Waals surface area (Å²) in [5.74, 6) is -3.17. The Bertz CT molecular complexity index is 1860. The van der Waals surface area contributed by atoms with Gasteiger partial charge < -0.3 is 39.0 Å². The third-order valence-electron chi connectivity index (χ3n) is 14.3. The quantitative estimate of drug-likeness (QED) is 0.0228. The van der Waals surface area contributed by atoms with Gasteiger partial charge in [0.05, 0.1) is 6.61 Å². The number of carbonyl (C=O) groups excluding carboxylic acids is 3. The van der Waals surface area contributed by atoms with Crippen LogP contribution in [-0.2, 0) is 42.9 Å². The summed E-state index contributed by atoms with van der Waals surface area (Å²) in [7, 11) is 0. The molecular formula is C71H116O12. The Labute approximate surface area is 504 Å². The van der Waals surface area contributed by atoms with E-state index in [4.69, 9.17) is 23.7 Å². The fourth-order valence-corrected chi connectivity index (χ4v) is 9.34. The van der Waals surface area contributed by atoms with Crippen LogP contribution in [0.5, 0.6) is 0 Å². The Balaban J connectivity index is 2.67. The molecule has 0 radical (unpaired) electrons. The highest BCUT2D eigenvalue weighted by molar-refractivity contribution is 5.74. The molecule has 12 nitrogen and oxygen atoms in total. The lowest BCUT2D eigenvalue weighted by Crippen LogP contribution is -2.61. The Morgan fingerprint density at radius 3 is 1.16 bits per heavy atom. The Morgan fingerprint density at radius 2 is 0.759 bits per heavy atom. The van der Waals surface area contributed by atoms with E-state index in [-0.39, 0.29) is 25.9 Å². The average molecular weight is 1160 g/mol. The van der Waals surface area contributed by atoms with Crippen molar-refractivity contribution in [2.45, 2.75) is 302 Å². The third kappa shape index (κ3) is 47.3. The smallest absolute Gasteiger partial charge is 0.335 e. The number of allylic oxidation sites excluding steroid dienone is 18. The lowest BCUT2D eigenvalue weighted by Gasteiger charge is -2.40. The predicted molar refractivity (Wildman–Crippen MR) is 340 cm³/mol. The van der Waals surface area contributed by atoms with Gasteiger partial charge in [-0.25, -0.2) is 4.79 Å². The number of ether oxygens (including phenoxy) is 5. The molecule has 1 rings (SSSR count). The van der Waals surface area contributed by atoms with E-state index in [1.54, 1.807) is 0 Å². The number of aliphatic carboxylic acids is 1. The maximum absolute atomic E-state index is 13.2. The van der Waals surface area contributed by atoms with E-state index in [0.717, 1.165) is 148 Å². The topological polar surface area (TPSA) is 175 Å². The van der Waals surface area contributed by atoms with E-state index in [1.165, 1.54) is 57.8 Å².